The third-order valence-electron chi connectivity index (χ3n) is 5.02. The van der Waals surface area contributed by atoms with Crippen LogP contribution in [-0.2, 0) is 4.79 Å². The van der Waals surface area contributed by atoms with E-state index in [4.69, 9.17) is 0 Å². The van der Waals surface area contributed by atoms with Gasteiger partial charge in [-0.25, -0.2) is 9.07 Å². The molecule has 138 valence electrons. The number of likely N-dealkylation sites (N-methyl/N-ethyl adjacent to an activating group) is 1. The number of nitrogens with zero attached hydrogens (tertiary/aromatic N) is 3. The van der Waals surface area contributed by atoms with Crippen molar-refractivity contribution in [1.82, 2.24) is 20.0 Å². The topological polar surface area (TPSA) is 50.2 Å². The summed E-state index contributed by atoms with van der Waals surface area (Å²) >= 11 is 0. The second kappa shape index (κ2) is 7.83. The number of hydrogen-bond donors (Lipinski definition) is 1. The molecule has 1 N–H and O–H groups in total. The first-order valence-electron chi connectivity index (χ1n) is 8.95. The molecule has 5 nitrogen and oxygen atoms in total. The van der Waals surface area contributed by atoms with E-state index >= 15 is 0 Å². The van der Waals surface area contributed by atoms with Gasteiger partial charge in [0.05, 0.1) is 11.4 Å². The van der Waals surface area contributed by atoms with E-state index in [0.29, 0.717) is 0 Å². The van der Waals surface area contributed by atoms with Crippen LogP contribution in [0.2, 0.25) is 0 Å². The van der Waals surface area contributed by atoms with Crippen molar-refractivity contribution in [2.45, 2.75) is 32.7 Å². The van der Waals surface area contributed by atoms with Gasteiger partial charge in [-0.15, -0.1) is 0 Å². The lowest BCUT2D eigenvalue weighted by atomic mass is 10.1. The average molecular weight is 356 g/mol. The molecule has 1 aliphatic rings. The predicted octanol–water partition coefficient (Wildman–Crippen LogP) is 2.85. The molecule has 3 rings (SSSR count). The summed E-state index contributed by atoms with van der Waals surface area (Å²) in [5.41, 5.74) is 3.47. The van der Waals surface area contributed by atoms with Crippen LogP contribution in [0.1, 0.15) is 29.8 Å². The average Bonchev–Trinajstić information content (AvgIpc) is 2.94. The molecular weight excluding hydrogens is 331 g/mol. The van der Waals surface area contributed by atoms with Crippen molar-refractivity contribution in [3.8, 4) is 5.69 Å². The highest BCUT2D eigenvalue weighted by atomic mass is 19.1. The highest BCUT2D eigenvalue weighted by molar-refractivity contribution is 5.92. The molecule has 0 atom stereocenters. The molecule has 1 amide bonds. The monoisotopic (exact) mass is 356 g/mol. The first-order chi connectivity index (χ1) is 12.5. The number of hydrogen-bond acceptors (Lipinski definition) is 3. The fourth-order valence-corrected chi connectivity index (χ4v) is 3.38. The van der Waals surface area contributed by atoms with Crippen molar-refractivity contribution in [2.75, 3.05) is 20.1 Å². The van der Waals surface area contributed by atoms with Crippen LogP contribution in [0.4, 0.5) is 4.39 Å². The SMILES string of the molecule is Cc1nn(-c2ccc(F)cc2)c(C)c1C=CC(=O)N(C)C1CCNCC1. The second-order valence-electron chi connectivity index (χ2n) is 6.74. The Morgan fingerprint density at radius 1 is 1.27 bits per heavy atom. The number of halogens is 1. The van der Waals surface area contributed by atoms with E-state index in [0.717, 1.165) is 48.6 Å². The van der Waals surface area contributed by atoms with Gasteiger partial charge in [0.25, 0.3) is 0 Å². The van der Waals surface area contributed by atoms with Gasteiger partial charge in [0, 0.05) is 30.4 Å². The Morgan fingerprint density at radius 2 is 1.92 bits per heavy atom. The van der Waals surface area contributed by atoms with E-state index in [1.165, 1.54) is 12.1 Å². The smallest absolute Gasteiger partial charge is 0.246 e. The Hall–Kier alpha value is -2.47. The molecule has 0 bridgehead atoms. The largest absolute Gasteiger partial charge is 0.339 e. The van der Waals surface area contributed by atoms with E-state index in [9.17, 15) is 9.18 Å². The van der Waals surface area contributed by atoms with Crippen LogP contribution in [0, 0.1) is 19.7 Å². The van der Waals surface area contributed by atoms with Gasteiger partial charge in [-0.2, -0.15) is 5.10 Å². The second-order valence-corrected chi connectivity index (χ2v) is 6.74. The number of aromatic nitrogens is 2. The molecule has 1 aliphatic heterocycles. The maximum atomic E-state index is 13.1. The summed E-state index contributed by atoms with van der Waals surface area (Å²) in [6.07, 6.45) is 5.42. The van der Waals surface area contributed by atoms with Gasteiger partial charge < -0.3 is 10.2 Å². The number of rotatable bonds is 4. The van der Waals surface area contributed by atoms with Gasteiger partial charge in [0.2, 0.25) is 5.91 Å². The number of benzene rings is 1. The van der Waals surface area contributed by atoms with E-state index < -0.39 is 0 Å². The van der Waals surface area contributed by atoms with Crippen LogP contribution >= 0.6 is 0 Å². The van der Waals surface area contributed by atoms with Crippen molar-refractivity contribution in [3.05, 3.63) is 53.1 Å². The third-order valence-corrected chi connectivity index (χ3v) is 5.02. The van der Waals surface area contributed by atoms with Crippen LogP contribution in [0.15, 0.2) is 30.3 Å². The van der Waals surface area contributed by atoms with Crippen LogP contribution in [0.25, 0.3) is 11.8 Å². The normalized spacial score (nSPS) is 15.5. The molecule has 0 aliphatic carbocycles. The van der Waals surface area contributed by atoms with Crippen molar-refractivity contribution in [1.29, 1.82) is 0 Å². The Morgan fingerprint density at radius 3 is 2.58 bits per heavy atom. The first kappa shape index (κ1) is 18.3. The minimum absolute atomic E-state index is 0.00484. The summed E-state index contributed by atoms with van der Waals surface area (Å²) in [4.78, 5) is 14.3. The standard InChI is InChI=1S/C20H25FN4O/c1-14-19(8-9-20(26)24(3)17-10-12-22-13-11-17)15(2)25(23-14)18-6-4-16(21)5-7-18/h4-9,17,22H,10-13H2,1-3H3. The van der Waals surface area contributed by atoms with E-state index in [1.54, 1.807) is 22.9 Å². The maximum Gasteiger partial charge on any atom is 0.246 e. The number of amides is 1. The van der Waals surface area contributed by atoms with E-state index in [1.807, 2.05) is 31.9 Å². The molecule has 2 heterocycles. The Labute approximate surface area is 153 Å². The molecule has 1 fully saturated rings. The van der Waals surface area contributed by atoms with E-state index in [2.05, 4.69) is 10.4 Å². The number of piperidine rings is 1. The molecule has 1 aromatic heterocycles. The molecule has 0 unspecified atom stereocenters. The molecular formula is C20H25FN4O. The Kier molecular flexibility index (Phi) is 5.52. The Balaban J connectivity index is 1.78. The highest BCUT2D eigenvalue weighted by Gasteiger charge is 2.20. The van der Waals surface area contributed by atoms with Gasteiger partial charge in [-0.1, -0.05) is 0 Å². The molecule has 0 spiro atoms. The zero-order chi connectivity index (χ0) is 18.7. The van der Waals surface area contributed by atoms with Crippen molar-refractivity contribution in [3.63, 3.8) is 0 Å². The van der Waals surface area contributed by atoms with Crippen LogP contribution in [-0.4, -0.2) is 46.8 Å². The van der Waals surface area contributed by atoms with Gasteiger partial charge >= 0.3 is 0 Å². The third kappa shape index (κ3) is 3.85. The minimum Gasteiger partial charge on any atom is -0.339 e. The molecule has 0 radical (unpaired) electrons. The summed E-state index contributed by atoms with van der Waals surface area (Å²) in [7, 11) is 1.87. The summed E-state index contributed by atoms with van der Waals surface area (Å²) in [5, 5.41) is 7.85. The maximum absolute atomic E-state index is 13.1. The molecule has 26 heavy (non-hydrogen) atoms. The van der Waals surface area contributed by atoms with Gasteiger partial charge in [0.15, 0.2) is 0 Å². The van der Waals surface area contributed by atoms with E-state index in [-0.39, 0.29) is 17.8 Å². The molecule has 1 saturated heterocycles. The van der Waals surface area contributed by atoms with Crippen LogP contribution in [0.3, 0.4) is 0 Å². The van der Waals surface area contributed by atoms with Crippen molar-refractivity contribution >= 4 is 12.0 Å². The fourth-order valence-electron chi connectivity index (χ4n) is 3.38. The van der Waals surface area contributed by atoms with Gasteiger partial charge in [0.1, 0.15) is 5.82 Å². The van der Waals surface area contributed by atoms with Gasteiger partial charge in [-0.05, 0) is 70.1 Å². The highest BCUT2D eigenvalue weighted by Crippen LogP contribution is 2.20. The molecule has 0 saturated carbocycles. The summed E-state index contributed by atoms with van der Waals surface area (Å²) in [6.45, 7) is 5.76. The summed E-state index contributed by atoms with van der Waals surface area (Å²) < 4.78 is 14.9. The number of carbonyl (C=O) groups excluding carboxylic acids is 1. The number of aryl methyl sites for hydroxylation is 1. The first-order valence-corrected chi connectivity index (χ1v) is 8.95. The van der Waals surface area contributed by atoms with Crippen LogP contribution in [0.5, 0.6) is 0 Å². The fraction of sp³-hybridized carbons (Fsp3) is 0.400. The predicted molar refractivity (Wildman–Crippen MR) is 101 cm³/mol. The molecule has 6 heteroatoms. The number of carbonyl (C=O) groups is 1. The summed E-state index contributed by atoms with van der Waals surface area (Å²) in [6, 6.07) is 6.51. The summed E-state index contributed by atoms with van der Waals surface area (Å²) in [5.74, 6) is -0.271. The molecule has 1 aromatic carbocycles. The van der Waals surface area contributed by atoms with Crippen LogP contribution < -0.4 is 5.32 Å². The van der Waals surface area contributed by atoms with Gasteiger partial charge in [-0.3, -0.25) is 4.79 Å². The lowest BCUT2D eigenvalue weighted by Crippen LogP contribution is -2.43. The zero-order valence-corrected chi connectivity index (χ0v) is 15.5. The zero-order valence-electron chi connectivity index (χ0n) is 15.5. The molecule has 2 aromatic rings. The quantitative estimate of drug-likeness (QED) is 0.857. The lowest BCUT2D eigenvalue weighted by molar-refractivity contribution is -0.127. The lowest BCUT2D eigenvalue weighted by Gasteiger charge is -2.30. The van der Waals surface area contributed by atoms with Crippen molar-refractivity contribution in [2.24, 2.45) is 0 Å². The Bertz CT molecular complexity index is 804. The minimum atomic E-state index is -0.276. The number of nitrogens with one attached hydrogen (secondary N) is 1. The van der Waals surface area contributed by atoms with Crippen molar-refractivity contribution < 1.29 is 9.18 Å².